The van der Waals surface area contributed by atoms with Gasteiger partial charge < -0.3 is 14.2 Å². The van der Waals surface area contributed by atoms with E-state index in [9.17, 15) is 9.59 Å². The molecule has 1 unspecified atom stereocenters. The average Bonchev–Trinajstić information content (AvgIpc) is 3.27. The van der Waals surface area contributed by atoms with Gasteiger partial charge >= 0.3 is 5.97 Å². The molecule has 0 aromatic heterocycles. The zero-order valence-corrected chi connectivity index (χ0v) is 11.8. The van der Waals surface area contributed by atoms with E-state index in [2.05, 4.69) is 6.92 Å². The molecule has 0 N–H and O–H groups in total. The number of hydrogen-bond acceptors (Lipinski definition) is 5. The van der Waals surface area contributed by atoms with Crippen LogP contribution in [0, 0.1) is 17.3 Å². The molecule has 3 heterocycles. The van der Waals surface area contributed by atoms with Gasteiger partial charge in [-0.3, -0.25) is 9.59 Å². The van der Waals surface area contributed by atoms with Crippen molar-refractivity contribution in [2.24, 2.45) is 17.3 Å². The van der Waals surface area contributed by atoms with Crippen LogP contribution in [-0.2, 0) is 23.8 Å². The van der Waals surface area contributed by atoms with Crippen LogP contribution in [0.4, 0.5) is 0 Å². The first-order valence-corrected chi connectivity index (χ1v) is 7.47. The second-order valence-corrected chi connectivity index (χ2v) is 7.48. The molecule has 1 spiro atoms. The van der Waals surface area contributed by atoms with Gasteiger partial charge in [-0.05, 0) is 19.8 Å². The Labute approximate surface area is 116 Å². The molecule has 3 saturated heterocycles. The minimum atomic E-state index is -0.826. The molecule has 5 fully saturated rings. The van der Waals surface area contributed by atoms with Gasteiger partial charge in [-0.15, -0.1) is 0 Å². The molecular formula is C15H18O5. The first-order chi connectivity index (χ1) is 9.37. The molecule has 3 aliphatic heterocycles. The first kappa shape index (κ1) is 11.7. The van der Waals surface area contributed by atoms with Crippen molar-refractivity contribution in [2.75, 3.05) is 0 Å². The largest absolute Gasteiger partial charge is 0.459 e. The molecule has 5 nitrogen and oxygen atoms in total. The highest BCUT2D eigenvalue weighted by Crippen LogP contribution is 2.75. The second kappa shape index (κ2) is 2.83. The third-order valence-corrected chi connectivity index (χ3v) is 6.77. The molecule has 0 aromatic carbocycles. The van der Waals surface area contributed by atoms with E-state index in [-0.39, 0.29) is 47.3 Å². The fourth-order valence-corrected chi connectivity index (χ4v) is 5.46. The van der Waals surface area contributed by atoms with E-state index in [1.807, 2.05) is 13.8 Å². The Morgan fingerprint density at radius 2 is 1.95 bits per heavy atom. The summed E-state index contributed by atoms with van der Waals surface area (Å²) in [5, 5.41) is 0. The second-order valence-electron chi connectivity index (χ2n) is 7.48. The Morgan fingerprint density at radius 3 is 2.70 bits per heavy atom. The Hall–Kier alpha value is -0.940. The van der Waals surface area contributed by atoms with Crippen molar-refractivity contribution in [3.8, 4) is 0 Å². The summed E-state index contributed by atoms with van der Waals surface area (Å²) in [5.74, 6) is -0.0418. The van der Waals surface area contributed by atoms with Gasteiger partial charge in [0.2, 0.25) is 0 Å². The van der Waals surface area contributed by atoms with Crippen LogP contribution in [0.25, 0.3) is 0 Å². The molecule has 2 aliphatic carbocycles. The van der Waals surface area contributed by atoms with Crippen molar-refractivity contribution in [1.82, 2.24) is 0 Å². The van der Waals surface area contributed by atoms with Crippen LogP contribution in [0.5, 0.6) is 0 Å². The smallest absolute Gasteiger partial charge is 0.309 e. The van der Waals surface area contributed by atoms with E-state index in [0.717, 1.165) is 12.8 Å². The van der Waals surface area contributed by atoms with Crippen LogP contribution >= 0.6 is 0 Å². The first-order valence-electron chi connectivity index (χ1n) is 7.47. The maximum atomic E-state index is 12.5. The lowest BCUT2D eigenvalue weighted by Gasteiger charge is -2.47. The van der Waals surface area contributed by atoms with Gasteiger partial charge in [0.25, 0.3) is 0 Å². The van der Waals surface area contributed by atoms with Gasteiger partial charge in [0.1, 0.15) is 18.3 Å². The number of carbonyl (C=O) groups is 2. The number of ketones is 1. The van der Waals surface area contributed by atoms with Crippen molar-refractivity contribution < 1.29 is 23.8 Å². The quantitative estimate of drug-likeness (QED) is 0.485. The van der Waals surface area contributed by atoms with Crippen LogP contribution in [-0.4, -0.2) is 41.3 Å². The zero-order chi connectivity index (χ0) is 14.1. The van der Waals surface area contributed by atoms with Crippen LogP contribution in [0.15, 0.2) is 0 Å². The van der Waals surface area contributed by atoms with Gasteiger partial charge in [-0.1, -0.05) is 13.8 Å². The molecule has 0 amide bonds. The maximum absolute atomic E-state index is 12.5. The highest BCUT2D eigenvalue weighted by Gasteiger charge is 2.93. The van der Waals surface area contributed by atoms with Gasteiger partial charge in [-0.25, -0.2) is 0 Å². The molecule has 0 bridgehead atoms. The summed E-state index contributed by atoms with van der Waals surface area (Å²) in [4.78, 5) is 24.4. The monoisotopic (exact) mass is 278 g/mol. The number of fused-ring (bicyclic) bond motifs is 3. The Balaban J connectivity index is 1.67. The standard InChI is InChI=1S/C15H18O5/c1-6-7-4-5-13(2)11-8(18-11)9(16)14(3)15(13,20-14)10(7)19-12(6)17/h6-8,10-11H,4-5H2,1-3H3/t6-,7-,8-,10-,11-,13-,14+,15?/m0/s1. The van der Waals surface area contributed by atoms with Crippen molar-refractivity contribution in [3.63, 3.8) is 0 Å². The lowest BCUT2D eigenvalue weighted by atomic mass is 9.53. The number of carbonyl (C=O) groups excluding carboxylic acids is 2. The molecule has 5 rings (SSSR count). The minimum Gasteiger partial charge on any atom is -0.459 e. The predicted octanol–water partition coefficient (Wildman–Crippen LogP) is 0.842. The summed E-state index contributed by atoms with van der Waals surface area (Å²) in [6.45, 7) is 5.92. The van der Waals surface area contributed by atoms with E-state index in [1.54, 1.807) is 0 Å². The summed E-state index contributed by atoms with van der Waals surface area (Å²) in [5.41, 5.74) is -1.70. The maximum Gasteiger partial charge on any atom is 0.309 e. The van der Waals surface area contributed by atoms with Crippen molar-refractivity contribution in [1.29, 1.82) is 0 Å². The fourth-order valence-electron chi connectivity index (χ4n) is 5.46. The molecule has 20 heavy (non-hydrogen) atoms. The normalized spacial score (nSPS) is 65.7. The molecule has 5 heteroatoms. The van der Waals surface area contributed by atoms with Crippen LogP contribution < -0.4 is 0 Å². The molecule has 2 saturated carbocycles. The molecule has 0 aromatic rings. The topological polar surface area (TPSA) is 68.4 Å². The number of rotatable bonds is 0. The number of ether oxygens (including phenoxy) is 3. The van der Waals surface area contributed by atoms with E-state index in [1.165, 1.54) is 0 Å². The summed E-state index contributed by atoms with van der Waals surface area (Å²) in [6.07, 6.45) is 1.23. The van der Waals surface area contributed by atoms with Crippen molar-refractivity contribution >= 4 is 11.8 Å². The molecule has 108 valence electrons. The Morgan fingerprint density at radius 1 is 1.20 bits per heavy atom. The van der Waals surface area contributed by atoms with E-state index < -0.39 is 11.2 Å². The fraction of sp³-hybridized carbons (Fsp3) is 0.867. The Kier molecular flexibility index (Phi) is 1.66. The summed E-state index contributed by atoms with van der Waals surface area (Å²) in [6, 6.07) is 0. The highest BCUT2D eigenvalue weighted by atomic mass is 16.7. The van der Waals surface area contributed by atoms with Crippen LogP contribution in [0.3, 0.4) is 0 Å². The lowest BCUT2D eigenvalue weighted by Crippen LogP contribution is -2.62. The van der Waals surface area contributed by atoms with Gasteiger partial charge in [0, 0.05) is 11.3 Å². The van der Waals surface area contributed by atoms with E-state index in [0.29, 0.717) is 0 Å². The Bertz CT molecular complexity index is 573. The molecular weight excluding hydrogens is 260 g/mol. The van der Waals surface area contributed by atoms with Crippen LogP contribution in [0.1, 0.15) is 33.6 Å². The van der Waals surface area contributed by atoms with E-state index in [4.69, 9.17) is 14.2 Å². The van der Waals surface area contributed by atoms with Crippen molar-refractivity contribution in [3.05, 3.63) is 0 Å². The summed E-state index contributed by atoms with van der Waals surface area (Å²) < 4.78 is 17.4. The number of esters is 1. The molecule has 8 atom stereocenters. The third-order valence-electron chi connectivity index (χ3n) is 6.77. The van der Waals surface area contributed by atoms with Gasteiger partial charge in [0.15, 0.2) is 17.0 Å². The molecule has 5 aliphatic rings. The van der Waals surface area contributed by atoms with Crippen LogP contribution in [0.2, 0.25) is 0 Å². The summed E-state index contributed by atoms with van der Waals surface area (Å²) >= 11 is 0. The van der Waals surface area contributed by atoms with E-state index >= 15 is 0 Å². The molecule has 0 radical (unpaired) electrons. The third kappa shape index (κ3) is 0.871. The summed E-state index contributed by atoms with van der Waals surface area (Å²) in [7, 11) is 0. The average molecular weight is 278 g/mol. The SMILES string of the molecule is C[C@@H]1C(=O)O[C@H]2[C@H]1CC[C@@]1(C)[C@H]3O[C@H]3C(=O)[C@@]3(C)OC213. The van der Waals surface area contributed by atoms with Gasteiger partial charge in [-0.2, -0.15) is 0 Å². The minimum absolute atomic E-state index is 0.0382. The van der Waals surface area contributed by atoms with Crippen molar-refractivity contribution in [2.45, 2.75) is 63.1 Å². The lowest BCUT2D eigenvalue weighted by molar-refractivity contribution is -0.151. The predicted molar refractivity (Wildman–Crippen MR) is 65.8 cm³/mol. The number of hydrogen-bond donors (Lipinski definition) is 0. The number of epoxide rings is 2. The zero-order valence-electron chi connectivity index (χ0n) is 11.8. The van der Waals surface area contributed by atoms with Gasteiger partial charge in [0.05, 0.1) is 5.92 Å². The highest BCUT2D eigenvalue weighted by molar-refractivity contribution is 6.00. The number of Topliss-reactive ketones (excluding diaryl/α,β-unsaturated/α-hetero) is 1.